The van der Waals surface area contributed by atoms with Crippen molar-refractivity contribution in [2.75, 3.05) is 0 Å². The van der Waals surface area contributed by atoms with Crippen molar-refractivity contribution in [3.05, 3.63) is 65.2 Å². The highest BCUT2D eigenvalue weighted by Crippen LogP contribution is 2.31. The molecule has 0 bridgehead atoms. The Labute approximate surface area is 137 Å². The van der Waals surface area contributed by atoms with Crippen molar-refractivity contribution >= 4 is 10.0 Å². The molecule has 122 valence electrons. The highest BCUT2D eigenvalue weighted by molar-refractivity contribution is 7.89. The maximum absolute atomic E-state index is 11.3. The van der Waals surface area contributed by atoms with E-state index in [2.05, 4.69) is 43.4 Å². The molecule has 3 N–H and O–H groups in total. The second-order valence-corrected chi connectivity index (χ2v) is 8.22. The molecule has 2 aromatic carbocycles. The van der Waals surface area contributed by atoms with Gasteiger partial charge in [-0.25, -0.2) is 13.6 Å². The summed E-state index contributed by atoms with van der Waals surface area (Å²) in [5.74, 6) is 0. The molecule has 0 aliphatic heterocycles. The van der Waals surface area contributed by atoms with Crippen molar-refractivity contribution in [2.45, 2.75) is 43.2 Å². The summed E-state index contributed by atoms with van der Waals surface area (Å²) in [4.78, 5) is 0.146. The normalized spacial score (nSPS) is 17.7. The van der Waals surface area contributed by atoms with Gasteiger partial charge in [0.05, 0.1) is 4.90 Å². The standard InChI is InChI=1S/C18H22N2O2S/c1-13(14-7-9-17(10-8-14)23(19,21)22)20-18(2)11-15-5-3-4-6-16(15)12-18/h3-10,13,20H,11-12H2,1-2H3,(H2,19,21,22). The third-order valence-corrected chi connectivity index (χ3v) is 5.48. The van der Waals surface area contributed by atoms with E-state index >= 15 is 0 Å². The highest BCUT2D eigenvalue weighted by atomic mass is 32.2. The van der Waals surface area contributed by atoms with Crippen molar-refractivity contribution < 1.29 is 8.42 Å². The summed E-state index contributed by atoms with van der Waals surface area (Å²) in [6.45, 7) is 4.34. The first-order chi connectivity index (χ1) is 10.8. The van der Waals surface area contributed by atoms with Crippen LogP contribution in [-0.4, -0.2) is 14.0 Å². The molecule has 1 unspecified atom stereocenters. The fraction of sp³-hybridized carbons (Fsp3) is 0.333. The van der Waals surface area contributed by atoms with Crippen LogP contribution in [0, 0.1) is 0 Å². The van der Waals surface area contributed by atoms with Crippen LogP contribution >= 0.6 is 0 Å². The number of rotatable bonds is 4. The molecular formula is C18H22N2O2S. The highest BCUT2D eigenvalue weighted by Gasteiger charge is 2.33. The van der Waals surface area contributed by atoms with E-state index in [9.17, 15) is 8.42 Å². The summed E-state index contributed by atoms with van der Waals surface area (Å²) >= 11 is 0. The molecule has 5 heteroatoms. The van der Waals surface area contributed by atoms with E-state index in [0.29, 0.717) is 0 Å². The predicted octanol–water partition coefficient (Wildman–Crippen LogP) is 2.54. The molecular weight excluding hydrogens is 308 g/mol. The zero-order chi connectivity index (χ0) is 16.7. The molecule has 2 aromatic rings. The van der Waals surface area contributed by atoms with Crippen molar-refractivity contribution in [1.29, 1.82) is 0 Å². The van der Waals surface area contributed by atoms with E-state index in [1.807, 2.05) is 12.1 Å². The molecule has 0 saturated carbocycles. The molecule has 3 rings (SSSR count). The van der Waals surface area contributed by atoms with E-state index in [1.165, 1.54) is 11.1 Å². The van der Waals surface area contributed by atoms with Gasteiger partial charge in [-0.3, -0.25) is 0 Å². The molecule has 0 saturated heterocycles. The van der Waals surface area contributed by atoms with Crippen LogP contribution in [0.25, 0.3) is 0 Å². The minimum Gasteiger partial charge on any atom is -0.304 e. The second kappa shape index (κ2) is 5.74. The summed E-state index contributed by atoms with van der Waals surface area (Å²) in [6, 6.07) is 15.4. The molecule has 0 aromatic heterocycles. The maximum atomic E-state index is 11.3. The predicted molar refractivity (Wildman–Crippen MR) is 91.6 cm³/mol. The van der Waals surface area contributed by atoms with Gasteiger partial charge in [-0.15, -0.1) is 0 Å². The third-order valence-electron chi connectivity index (χ3n) is 4.55. The van der Waals surface area contributed by atoms with Gasteiger partial charge in [-0.05, 0) is 55.5 Å². The molecule has 1 aliphatic rings. The summed E-state index contributed by atoms with van der Waals surface area (Å²) in [7, 11) is -3.64. The van der Waals surface area contributed by atoms with E-state index in [-0.39, 0.29) is 16.5 Å². The fourth-order valence-electron chi connectivity index (χ4n) is 3.46. The van der Waals surface area contributed by atoms with Crippen molar-refractivity contribution in [3.8, 4) is 0 Å². The maximum Gasteiger partial charge on any atom is 0.238 e. The summed E-state index contributed by atoms with van der Waals surface area (Å²) in [6.07, 6.45) is 2.01. The number of nitrogens with one attached hydrogen (secondary N) is 1. The van der Waals surface area contributed by atoms with Gasteiger partial charge >= 0.3 is 0 Å². The molecule has 0 fully saturated rings. The third kappa shape index (κ3) is 3.47. The van der Waals surface area contributed by atoms with E-state index in [4.69, 9.17) is 5.14 Å². The van der Waals surface area contributed by atoms with Gasteiger partial charge < -0.3 is 5.32 Å². The second-order valence-electron chi connectivity index (χ2n) is 6.66. The van der Waals surface area contributed by atoms with Crippen molar-refractivity contribution in [3.63, 3.8) is 0 Å². The lowest BCUT2D eigenvalue weighted by molar-refractivity contribution is 0.333. The van der Waals surface area contributed by atoms with Crippen LogP contribution in [0.15, 0.2) is 53.4 Å². The minimum atomic E-state index is -3.64. The van der Waals surface area contributed by atoms with Gasteiger partial charge in [0.1, 0.15) is 0 Å². The SMILES string of the molecule is CC(NC1(C)Cc2ccccc2C1)c1ccc(S(N)(=O)=O)cc1. The minimum absolute atomic E-state index is 0.0156. The van der Waals surface area contributed by atoms with Gasteiger partial charge in [0.15, 0.2) is 0 Å². The molecule has 0 heterocycles. The first-order valence-electron chi connectivity index (χ1n) is 7.74. The number of fused-ring (bicyclic) bond motifs is 1. The number of hydrogen-bond acceptors (Lipinski definition) is 3. The Bertz CT molecular complexity index is 788. The molecule has 0 amide bonds. The van der Waals surface area contributed by atoms with E-state index in [0.717, 1.165) is 18.4 Å². The number of nitrogens with two attached hydrogens (primary N) is 1. The van der Waals surface area contributed by atoms with Crippen LogP contribution in [0.5, 0.6) is 0 Å². The topological polar surface area (TPSA) is 72.2 Å². The lowest BCUT2D eigenvalue weighted by Crippen LogP contribution is -2.44. The Morgan fingerprint density at radius 1 is 1.04 bits per heavy atom. The lowest BCUT2D eigenvalue weighted by atomic mass is 9.95. The monoisotopic (exact) mass is 330 g/mol. The smallest absolute Gasteiger partial charge is 0.238 e. The average molecular weight is 330 g/mol. The molecule has 0 spiro atoms. The zero-order valence-electron chi connectivity index (χ0n) is 13.4. The Hall–Kier alpha value is -1.69. The Morgan fingerprint density at radius 2 is 1.57 bits per heavy atom. The molecule has 23 heavy (non-hydrogen) atoms. The van der Waals surface area contributed by atoms with Crippen LogP contribution in [-0.2, 0) is 22.9 Å². The first kappa shape index (κ1) is 16.2. The van der Waals surface area contributed by atoms with Crippen LogP contribution in [0.2, 0.25) is 0 Å². The quantitative estimate of drug-likeness (QED) is 0.905. The van der Waals surface area contributed by atoms with Crippen LogP contribution in [0.3, 0.4) is 0 Å². The van der Waals surface area contributed by atoms with Crippen molar-refractivity contribution in [2.24, 2.45) is 5.14 Å². The Morgan fingerprint density at radius 3 is 2.04 bits per heavy atom. The Kier molecular flexibility index (Phi) is 4.04. The van der Waals surface area contributed by atoms with Crippen LogP contribution in [0.1, 0.15) is 36.6 Å². The first-order valence-corrected chi connectivity index (χ1v) is 9.29. The van der Waals surface area contributed by atoms with E-state index < -0.39 is 10.0 Å². The average Bonchev–Trinajstić information content (AvgIpc) is 2.82. The van der Waals surface area contributed by atoms with Gasteiger partial charge in [0.25, 0.3) is 0 Å². The largest absolute Gasteiger partial charge is 0.304 e. The van der Waals surface area contributed by atoms with E-state index in [1.54, 1.807) is 12.1 Å². The number of hydrogen-bond donors (Lipinski definition) is 2. The fourth-order valence-corrected chi connectivity index (χ4v) is 3.98. The lowest BCUT2D eigenvalue weighted by Gasteiger charge is -2.30. The number of benzene rings is 2. The van der Waals surface area contributed by atoms with Crippen LogP contribution < -0.4 is 10.5 Å². The van der Waals surface area contributed by atoms with Gasteiger partial charge in [-0.1, -0.05) is 36.4 Å². The van der Waals surface area contributed by atoms with Gasteiger partial charge in [-0.2, -0.15) is 0 Å². The zero-order valence-corrected chi connectivity index (χ0v) is 14.2. The van der Waals surface area contributed by atoms with Gasteiger partial charge in [0, 0.05) is 11.6 Å². The number of primary sulfonamides is 1. The van der Waals surface area contributed by atoms with Crippen LogP contribution in [0.4, 0.5) is 0 Å². The Balaban J connectivity index is 1.74. The molecule has 1 aliphatic carbocycles. The molecule has 0 radical (unpaired) electrons. The molecule has 1 atom stereocenters. The van der Waals surface area contributed by atoms with Gasteiger partial charge in [0.2, 0.25) is 10.0 Å². The summed E-state index contributed by atoms with van der Waals surface area (Å²) in [5, 5.41) is 8.84. The summed E-state index contributed by atoms with van der Waals surface area (Å²) < 4.78 is 22.7. The molecule has 4 nitrogen and oxygen atoms in total. The number of sulfonamides is 1. The van der Waals surface area contributed by atoms with Crippen molar-refractivity contribution in [1.82, 2.24) is 5.32 Å². The summed E-state index contributed by atoms with van der Waals surface area (Å²) in [5.41, 5.74) is 3.87.